The summed E-state index contributed by atoms with van der Waals surface area (Å²) in [6.45, 7) is 0.665. The van der Waals surface area contributed by atoms with Crippen molar-refractivity contribution >= 4 is 21.8 Å². The van der Waals surface area contributed by atoms with Crippen molar-refractivity contribution in [1.29, 1.82) is 0 Å². The average Bonchev–Trinajstić information content (AvgIpc) is 2.49. The molecule has 1 amide bonds. The van der Waals surface area contributed by atoms with Crippen molar-refractivity contribution in [2.45, 2.75) is 32.1 Å². The summed E-state index contributed by atoms with van der Waals surface area (Å²) in [7, 11) is 0. The summed E-state index contributed by atoms with van der Waals surface area (Å²) >= 11 is 3.54. The van der Waals surface area contributed by atoms with E-state index in [4.69, 9.17) is 0 Å². The second-order valence-electron chi connectivity index (χ2n) is 5.69. The summed E-state index contributed by atoms with van der Waals surface area (Å²) in [6, 6.07) is 3.58. The van der Waals surface area contributed by atoms with E-state index in [9.17, 15) is 13.6 Å². The van der Waals surface area contributed by atoms with Gasteiger partial charge in [0.05, 0.1) is 6.42 Å². The maximum atomic E-state index is 13.1. The molecule has 1 N–H and O–H groups in total. The number of rotatable bonds is 5. The van der Waals surface area contributed by atoms with Crippen molar-refractivity contribution < 1.29 is 13.6 Å². The lowest BCUT2D eigenvalue weighted by atomic mass is 9.80. The van der Waals surface area contributed by atoms with Crippen LogP contribution in [0.4, 0.5) is 8.78 Å². The first-order valence-corrected chi connectivity index (χ1v) is 8.49. The van der Waals surface area contributed by atoms with Crippen molar-refractivity contribution in [3.63, 3.8) is 0 Å². The molecular weight excluding hydrogens is 340 g/mol. The van der Waals surface area contributed by atoms with Gasteiger partial charge in [0.2, 0.25) is 5.91 Å². The topological polar surface area (TPSA) is 29.1 Å². The third-order valence-electron chi connectivity index (χ3n) is 4.17. The molecule has 0 spiro atoms. The van der Waals surface area contributed by atoms with Crippen LogP contribution < -0.4 is 5.32 Å². The Hall–Kier alpha value is -0.970. The van der Waals surface area contributed by atoms with E-state index >= 15 is 0 Å². The smallest absolute Gasteiger partial charge is 0.224 e. The Morgan fingerprint density at radius 1 is 1.19 bits per heavy atom. The van der Waals surface area contributed by atoms with Crippen LogP contribution in [0.25, 0.3) is 0 Å². The third-order valence-corrected chi connectivity index (χ3v) is 5.01. The molecule has 1 aromatic carbocycles. The van der Waals surface area contributed by atoms with Crippen molar-refractivity contribution in [3.05, 3.63) is 35.4 Å². The van der Waals surface area contributed by atoms with Gasteiger partial charge in [0.25, 0.3) is 0 Å². The quantitative estimate of drug-likeness (QED) is 0.795. The van der Waals surface area contributed by atoms with Crippen molar-refractivity contribution in [3.8, 4) is 0 Å². The van der Waals surface area contributed by atoms with Crippen LogP contribution >= 0.6 is 15.9 Å². The Labute approximate surface area is 132 Å². The highest BCUT2D eigenvalue weighted by Gasteiger charge is 2.24. The van der Waals surface area contributed by atoms with Gasteiger partial charge in [0.15, 0.2) is 11.6 Å². The maximum absolute atomic E-state index is 13.1. The number of alkyl halides is 1. The van der Waals surface area contributed by atoms with Crippen molar-refractivity contribution in [2.75, 3.05) is 11.9 Å². The number of nitrogens with one attached hydrogen (secondary N) is 1. The van der Waals surface area contributed by atoms with Gasteiger partial charge in [-0.2, -0.15) is 0 Å². The molecule has 0 bridgehead atoms. The summed E-state index contributed by atoms with van der Waals surface area (Å²) in [4.78, 5) is 11.9. The second kappa shape index (κ2) is 7.87. The van der Waals surface area contributed by atoms with E-state index in [1.807, 2.05) is 0 Å². The molecule has 2 nitrogen and oxygen atoms in total. The Balaban J connectivity index is 1.82. The molecule has 1 aromatic rings. The predicted octanol–water partition coefficient (Wildman–Crippen LogP) is 3.82. The Kier molecular flexibility index (Phi) is 6.15. The Morgan fingerprint density at radius 3 is 2.57 bits per heavy atom. The zero-order valence-electron chi connectivity index (χ0n) is 11.9. The third kappa shape index (κ3) is 4.77. The minimum Gasteiger partial charge on any atom is -0.356 e. The number of amides is 1. The van der Waals surface area contributed by atoms with Crippen LogP contribution in [0.1, 0.15) is 31.2 Å². The van der Waals surface area contributed by atoms with E-state index in [-0.39, 0.29) is 12.3 Å². The molecule has 2 rings (SSSR count). The van der Waals surface area contributed by atoms with Crippen LogP contribution in [0.2, 0.25) is 0 Å². The van der Waals surface area contributed by atoms with Gasteiger partial charge < -0.3 is 5.32 Å². The highest BCUT2D eigenvalue weighted by molar-refractivity contribution is 9.09. The van der Waals surface area contributed by atoms with Gasteiger partial charge in [-0.05, 0) is 42.4 Å². The van der Waals surface area contributed by atoms with Crippen LogP contribution in [-0.2, 0) is 11.2 Å². The molecule has 116 valence electrons. The van der Waals surface area contributed by atoms with Crippen molar-refractivity contribution in [2.24, 2.45) is 11.8 Å². The van der Waals surface area contributed by atoms with E-state index in [1.54, 1.807) is 0 Å². The number of hydrogen-bond acceptors (Lipinski definition) is 1. The van der Waals surface area contributed by atoms with Gasteiger partial charge in [-0.1, -0.05) is 34.8 Å². The molecule has 0 aromatic heterocycles. The molecule has 21 heavy (non-hydrogen) atoms. The van der Waals surface area contributed by atoms with E-state index in [0.717, 1.165) is 23.9 Å². The summed E-state index contributed by atoms with van der Waals surface area (Å²) in [5, 5.41) is 3.89. The number of hydrogen-bond donors (Lipinski definition) is 1. The van der Waals surface area contributed by atoms with Crippen molar-refractivity contribution in [1.82, 2.24) is 5.32 Å². The van der Waals surface area contributed by atoms with E-state index in [2.05, 4.69) is 21.2 Å². The SMILES string of the molecule is O=C(Cc1ccc(F)c(F)c1)NCC1CCCCC1CBr. The fourth-order valence-corrected chi connectivity index (χ4v) is 3.75. The first kappa shape index (κ1) is 16.4. The van der Waals surface area contributed by atoms with Crippen LogP contribution in [0, 0.1) is 23.5 Å². The number of carbonyl (C=O) groups excluding carboxylic acids is 1. The first-order chi connectivity index (χ1) is 10.1. The Morgan fingerprint density at radius 2 is 1.90 bits per heavy atom. The molecule has 0 radical (unpaired) electrons. The maximum Gasteiger partial charge on any atom is 0.224 e. The molecule has 1 fully saturated rings. The predicted molar refractivity (Wildman–Crippen MR) is 82.3 cm³/mol. The van der Waals surface area contributed by atoms with E-state index in [0.29, 0.717) is 23.9 Å². The van der Waals surface area contributed by atoms with Gasteiger partial charge in [0, 0.05) is 11.9 Å². The van der Waals surface area contributed by atoms with Crippen LogP contribution in [0.5, 0.6) is 0 Å². The van der Waals surface area contributed by atoms with Gasteiger partial charge in [-0.25, -0.2) is 8.78 Å². The molecule has 0 heterocycles. The summed E-state index contributed by atoms with van der Waals surface area (Å²) in [5.74, 6) is -0.817. The molecule has 2 unspecified atom stereocenters. The molecule has 0 aliphatic heterocycles. The molecule has 1 aliphatic rings. The van der Waals surface area contributed by atoms with E-state index in [1.165, 1.54) is 25.3 Å². The van der Waals surface area contributed by atoms with Crippen LogP contribution in [0.3, 0.4) is 0 Å². The lowest BCUT2D eigenvalue weighted by Crippen LogP contribution is -2.35. The van der Waals surface area contributed by atoms with Gasteiger partial charge in [-0.3, -0.25) is 4.79 Å². The fourth-order valence-electron chi connectivity index (χ4n) is 2.90. The monoisotopic (exact) mass is 359 g/mol. The highest BCUT2D eigenvalue weighted by atomic mass is 79.9. The lowest BCUT2D eigenvalue weighted by Gasteiger charge is -2.30. The normalized spacial score (nSPS) is 22.0. The zero-order chi connectivity index (χ0) is 15.2. The molecule has 5 heteroatoms. The van der Waals surface area contributed by atoms with Gasteiger partial charge >= 0.3 is 0 Å². The number of benzene rings is 1. The highest BCUT2D eigenvalue weighted by Crippen LogP contribution is 2.30. The van der Waals surface area contributed by atoms with Crippen LogP contribution in [-0.4, -0.2) is 17.8 Å². The molecule has 2 atom stereocenters. The lowest BCUT2D eigenvalue weighted by molar-refractivity contribution is -0.120. The largest absolute Gasteiger partial charge is 0.356 e. The summed E-state index contributed by atoms with van der Waals surface area (Å²) in [6.07, 6.45) is 4.91. The van der Waals surface area contributed by atoms with Gasteiger partial charge in [0.1, 0.15) is 0 Å². The Bertz CT molecular complexity index is 495. The molecule has 1 aliphatic carbocycles. The molecular formula is C16H20BrF2NO. The van der Waals surface area contributed by atoms with E-state index < -0.39 is 11.6 Å². The summed E-state index contributed by atoms with van der Waals surface area (Å²) < 4.78 is 25.9. The first-order valence-electron chi connectivity index (χ1n) is 7.36. The molecule has 1 saturated carbocycles. The fraction of sp³-hybridized carbons (Fsp3) is 0.562. The molecule has 0 saturated heterocycles. The minimum absolute atomic E-state index is 0.0862. The number of carbonyl (C=O) groups is 1. The second-order valence-corrected chi connectivity index (χ2v) is 6.34. The van der Waals surface area contributed by atoms with Crippen LogP contribution in [0.15, 0.2) is 18.2 Å². The number of halogens is 3. The summed E-state index contributed by atoms with van der Waals surface area (Å²) in [5.41, 5.74) is 0.493. The zero-order valence-corrected chi connectivity index (χ0v) is 13.5. The average molecular weight is 360 g/mol. The minimum atomic E-state index is -0.910. The van der Waals surface area contributed by atoms with Gasteiger partial charge in [-0.15, -0.1) is 0 Å². The standard InChI is InChI=1S/C16H20BrF2NO/c17-9-12-3-1-2-4-13(12)10-20-16(21)8-11-5-6-14(18)15(19)7-11/h5-7,12-13H,1-4,8-10H2,(H,20,21).